The molecular weight excluding hydrogens is 168 g/mol. The molecule has 0 radical (unpaired) electrons. The van der Waals surface area contributed by atoms with Crippen LogP contribution in [-0.2, 0) is 7.05 Å². The van der Waals surface area contributed by atoms with E-state index in [1.807, 2.05) is 13.8 Å². The molecule has 2 heterocycles. The Balaban J connectivity index is 2.97. The molecular formula is C8H10N4O. The fourth-order valence-corrected chi connectivity index (χ4v) is 1.19. The van der Waals surface area contributed by atoms with Gasteiger partial charge in [0.1, 0.15) is 0 Å². The van der Waals surface area contributed by atoms with Crippen molar-refractivity contribution in [3.63, 3.8) is 0 Å². The number of imidazole rings is 1. The van der Waals surface area contributed by atoms with Gasteiger partial charge in [0.05, 0.1) is 11.4 Å². The lowest BCUT2D eigenvalue weighted by Crippen LogP contribution is -2.12. The Morgan fingerprint density at radius 1 is 1.23 bits per heavy atom. The number of nitrogens with one attached hydrogen (secondary N) is 1. The summed E-state index contributed by atoms with van der Waals surface area (Å²) in [5.74, 6) is 0. The van der Waals surface area contributed by atoms with Gasteiger partial charge in [0.2, 0.25) is 0 Å². The molecule has 0 bridgehead atoms. The van der Waals surface area contributed by atoms with Gasteiger partial charge in [-0.15, -0.1) is 0 Å². The van der Waals surface area contributed by atoms with E-state index >= 15 is 0 Å². The largest absolute Gasteiger partial charge is 0.328 e. The zero-order valence-corrected chi connectivity index (χ0v) is 7.75. The molecule has 13 heavy (non-hydrogen) atoms. The Bertz CT molecular complexity index is 523. The molecule has 0 fully saturated rings. The maximum atomic E-state index is 11.2. The first-order chi connectivity index (χ1) is 6.09. The van der Waals surface area contributed by atoms with Crippen molar-refractivity contribution in [2.45, 2.75) is 13.8 Å². The topological polar surface area (TPSA) is 63.6 Å². The van der Waals surface area contributed by atoms with Gasteiger partial charge >= 0.3 is 5.69 Å². The van der Waals surface area contributed by atoms with Crippen LogP contribution in [0, 0.1) is 13.8 Å². The van der Waals surface area contributed by atoms with E-state index in [4.69, 9.17) is 0 Å². The zero-order chi connectivity index (χ0) is 9.59. The van der Waals surface area contributed by atoms with Gasteiger partial charge in [0.25, 0.3) is 0 Å². The maximum absolute atomic E-state index is 11.2. The van der Waals surface area contributed by atoms with Crippen LogP contribution in [0.4, 0.5) is 0 Å². The summed E-state index contributed by atoms with van der Waals surface area (Å²) in [7, 11) is 1.67. The minimum absolute atomic E-state index is 0.181. The molecule has 0 unspecified atom stereocenters. The van der Waals surface area contributed by atoms with Crippen molar-refractivity contribution in [2.75, 3.05) is 0 Å². The van der Waals surface area contributed by atoms with E-state index in [2.05, 4.69) is 15.0 Å². The van der Waals surface area contributed by atoms with E-state index in [1.165, 1.54) is 4.57 Å². The number of fused-ring (bicyclic) bond motifs is 1. The minimum Gasteiger partial charge on any atom is -0.289 e. The van der Waals surface area contributed by atoms with E-state index in [1.54, 1.807) is 7.05 Å². The molecule has 0 saturated carbocycles. The van der Waals surface area contributed by atoms with Crippen LogP contribution in [-0.4, -0.2) is 19.5 Å². The highest BCUT2D eigenvalue weighted by Crippen LogP contribution is 2.06. The second-order valence-corrected chi connectivity index (χ2v) is 3.06. The van der Waals surface area contributed by atoms with Crippen LogP contribution in [0.25, 0.3) is 11.3 Å². The molecule has 0 aliphatic carbocycles. The Hall–Kier alpha value is -1.65. The molecule has 0 aliphatic heterocycles. The number of aromatic amines is 1. The normalized spacial score (nSPS) is 11.0. The van der Waals surface area contributed by atoms with Crippen LogP contribution in [0.15, 0.2) is 4.79 Å². The Morgan fingerprint density at radius 3 is 2.54 bits per heavy atom. The molecule has 2 aromatic rings. The lowest BCUT2D eigenvalue weighted by Gasteiger charge is -1.97. The molecule has 1 N–H and O–H groups in total. The van der Waals surface area contributed by atoms with Crippen LogP contribution in [0.3, 0.4) is 0 Å². The number of hydrogen-bond acceptors (Lipinski definition) is 3. The summed E-state index contributed by atoms with van der Waals surface area (Å²) in [6.45, 7) is 3.74. The Labute approximate surface area is 74.4 Å². The van der Waals surface area contributed by atoms with Gasteiger partial charge in [0, 0.05) is 7.05 Å². The fraction of sp³-hybridized carbons (Fsp3) is 0.375. The van der Waals surface area contributed by atoms with Gasteiger partial charge in [-0.25, -0.2) is 14.8 Å². The van der Waals surface area contributed by atoms with Crippen LogP contribution in [0.1, 0.15) is 11.4 Å². The molecule has 0 saturated heterocycles. The van der Waals surface area contributed by atoms with Crippen molar-refractivity contribution in [3.8, 4) is 0 Å². The number of H-pyrrole nitrogens is 1. The molecule has 0 atom stereocenters. The van der Waals surface area contributed by atoms with Gasteiger partial charge in [0.15, 0.2) is 11.3 Å². The third-order valence-corrected chi connectivity index (χ3v) is 2.14. The lowest BCUT2D eigenvalue weighted by atomic mass is 10.3. The molecule has 0 aromatic carbocycles. The Morgan fingerprint density at radius 2 is 1.85 bits per heavy atom. The SMILES string of the molecule is Cc1nc2[nH]c(=O)n(C)c2nc1C. The summed E-state index contributed by atoms with van der Waals surface area (Å²) in [6.07, 6.45) is 0. The number of hydrogen-bond donors (Lipinski definition) is 1. The van der Waals surface area contributed by atoms with E-state index < -0.39 is 0 Å². The molecule has 0 aliphatic rings. The maximum Gasteiger partial charge on any atom is 0.328 e. The van der Waals surface area contributed by atoms with E-state index in [0.29, 0.717) is 11.3 Å². The molecule has 2 rings (SSSR count). The third-order valence-electron chi connectivity index (χ3n) is 2.14. The van der Waals surface area contributed by atoms with Gasteiger partial charge in [-0.05, 0) is 13.8 Å². The summed E-state index contributed by atoms with van der Waals surface area (Å²) in [4.78, 5) is 22.3. The van der Waals surface area contributed by atoms with Crippen molar-refractivity contribution < 1.29 is 0 Å². The highest BCUT2D eigenvalue weighted by Gasteiger charge is 2.07. The summed E-state index contributed by atoms with van der Waals surface area (Å²) in [5.41, 5.74) is 2.67. The first-order valence-corrected chi connectivity index (χ1v) is 3.99. The van der Waals surface area contributed by atoms with Crippen LogP contribution in [0.5, 0.6) is 0 Å². The molecule has 68 valence electrons. The molecule has 0 amide bonds. The molecule has 5 heteroatoms. The van der Waals surface area contributed by atoms with E-state index in [-0.39, 0.29) is 5.69 Å². The second kappa shape index (κ2) is 2.42. The van der Waals surface area contributed by atoms with E-state index in [9.17, 15) is 4.79 Å². The predicted octanol–water partition coefficient (Wildman–Crippen LogP) is 0.273. The molecule has 5 nitrogen and oxygen atoms in total. The lowest BCUT2D eigenvalue weighted by molar-refractivity contribution is 0.875. The average molecular weight is 178 g/mol. The van der Waals surface area contributed by atoms with Crippen molar-refractivity contribution in [3.05, 3.63) is 21.9 Å². The highest BCUT2D eigenvalue weighted by atomic mass is 16.1. The van der Waals surface area contributed by atoms with Gasteiger partial charge in [-0.1, -0.05) is 0 Å². The fourth-order valence-electron chi connectivity index (χ4n) is 1.19. The highest BCUT2D eigenvalue weighted by molar-refractivity contribution is 5.65. The zero-order valence-electron chi connectivity index (χ0n) is 7.75. The van der Waals surface area contributed by atoms with Gasteiger partial charge in [-0.2, -0.15) is 0 Å². The Kier molecular flexibility index (Phi) is 1.48. The van der Waals surface area contributed by atoms with Crippen molar-refractivity contribution in [1.82, 2.24) is 19.5 Å². The van der Waals surface area contributed by atoms with Crippen LogP contribution >= 0.6 is 0 Å². The van der Waals surface area contributed by atoms with Crippen molar-refractivity contribution in [1.29, 1.82) is 0 Å². The van der Waals surface area contributed by atoms with Gasteiger partial charge < -0.3 is 0 Å². The summed E-state index contributed by atoms with van der Waals surface area (Å²) < 4.78 is 1.45. The second-order valence-electron chi connectivity index (χ2n) is 3.06. The predicted molar refractivity (Wildman–Crippen MR) is 48.6 cm³/mol. The van der Waals surface area contributed by atoms with E-state index in [0.717, 1.165) is 11.4 Å². The smallest absolute Gasteiger partial charge is 0.289 e. The average Bonchev–Trinajstić information content (AvgIpc) is 2.32. The summed E-state index contributed by atoms with van der Waals surface area (Å²) >= 11 is 0. The minimum atomic E-state index is -0.181. The number of aromatic nitrogens is 4. The third kappa shape index (κ3) is 1.04. The molecule has 2 aromatic heterocycles. The van der Waals surface area contributed by atoms with Crippen LogP contribution < -0.4 is 5.69 Å². The first-order valence-electron chi connectivity index (χ1n) is 3.99. The monoisotopic (exact) mass is 178 g/mol. The first kappa shape index (κ1) is 7.97. The van der Waals surface area contributed by atoms with Gasteiger partial charge in [-0.3, -0.25) is 9.55 Å². The van der Waals surface area contributed by atoms with Crippen molar-refractivity contribution >= 4 is 11.3 Å². The summed E-state index contributed by atoms with van der Waals surface area (Å²) in [6, 6.07) is 0. The quantitative estimate of drug-likeness (QED) is 0.630. The van der Waals surface area contributed by atoms with Crippen molar-refractivity contribution in [2.24, 2.45) is 7.05 Å². The van der Waals surface area contributed by atoms with Crippen LogP contribution in [0.2, 0.25) is 0 Å². The number of nitrogens with zero attached hydrogens (tertiary/aromatic N) is 3. The summed E-state index contributed by atoms with van der Waals surface area (Å²) in [5, 5.41) is 0. The number of rotatable bonds is 0. The molecule has 0 spiro atoms. The standard InChI is InChI=1S/C8H10N4O/c1-4-5(2)10-7-6(9-4)11-8(13)12(7)3/h1-3H3,(H,9,11,13). The number of aryl methyl sites for hydroxylation is 3.